The highest BCUT2D eigenvalue weighted by atomic mass is 32.1. The Balaban J connectivity index is 1.87. The quantitative estimate of drug-likeness (QED) is 0.775. The third kappa shape index (κ3) is 2.85. The van der Waals surface area contributed by atoms with Crippen molar-refractivity contribution < 1.29 is 4.79 Å². The van der Waals surface area contributed by atoms with Gasteiger partial charge in [-0.3, -0.25) is 4.79 Å². The van der Waals surface area contributed by atoms with E-state index in [9.17, 15) is 4.79 Å². The fourth-order valence-electron chi connectivity index (χ4n) is 2.42. The summed E-state index contributed by atoms with van der Waals surface area (Å²) in [6.07, 6.45) is 1.88. The number of hydrogen-bond donors (Lipinski definition) is 2. The predicted octanol–water partition coefficient (Wildman–Crippen LogP) is 2.97. The van der Waals surface area contributed by atoms with Crippen LogP contribution < -0.4 is 16.4 Å². The Morgan fingerprint density at radius 1 is 1.22 bits per heavy atom. The van der Waals surface area contributed by atoms with Crippen LogP contribution in [0.1, 0.15) is 10.4 Å². The molecule has 4 N–H and O–H groups in total. The van der Waals surface area contributed by atoms with E-state index in [4.69, 9.17) is 11.5 Å². The molecule has 2 heterocycles. The molecule has 0 saturated carbocycles. The lowest BCUT2D eigenvalue weighted by atomic mass is 10.2. The van der Waals surface area contributed by atoms with E-state index < -0.39 is 0 Å². The third-order valence-corrected chi connectivity index (χ3v) is 4.96. The molecule has 118 valence electrons. The molecule has 1 aromatic carbocycles. The molecule has 0 atom stereocenters. The summed E-state index contributed by atoms with van der Waals surface area (Å²) in [4.78, 5) is 20.0. The van der Waals surface area contributed by atoms with E-state index in [2.05, 4.69) is 4.98 Å². The van der Waals surface area contributed by atoms with Crippen molar-refractivity contribution in [3.8, 4) is 0 Å². The highest BCUT2D eigenvalue weighted by Gasteiger charge is 2.18. The average Bonchev–Trinajstić information content (AvgIpc) is 2.85. The van der Waals surface area contributed by atoms with Crippen LogP contribution in [0.5, 0.6) is 0 Å². The molecular weight excluding hydrogens is 308 g/mol. The minimum absolute atomic E-state index is 0.0225. The predicted molar refractivity (Wildman–Crippen MR) is 96.7 cm³/mol. The van der Waals surface area contributed by atoms with Crippen LogP contribution in [0.3, 0.4) is 0 Å². The number of anilines is 3. The Morgan fingerprint density at radius 3 is 2.57 bits per heavy atom. The Labute approximate surface area is 138 Å². The van der Waals surface area contributed by atoms with Crippen molar-refractivity contribution in [1.29, 1.82) is 0 Å². The zero-order valence-corrected chi connectivity index (χ0v) is 13.9. The Kier molecular flexibility index (Phi) is 3.92. The van der Waals surface area contributed by atoms with Gasteiger partial charge in [0, 0.05) is 29.5 Å². The summed E-state index contributed by atoms with van der Waals surface area (Å²) in [5.41, 5.74) is 15.3. The third-order valence-electron chi connectivity index (χ3n) is 3.85. The standard InChI is InChI=1S/C17H18N4OS/c1-10-3-5-11(6-4-10)21(2)14(22)9-13-16(19)15-12(18)7-8-20-17(15)23-13/h3-8H,9,19H2,1-2H3,(H2,18,20). The van der Waals surface area contributed by atoms with Crippen molar-refractivity contribution in [3.05, 3.63) is 47.0 Å². The monoisotopic (exact) mass is 326 g/mol. The lowest BCUT2D eigenvalue weighted by Gasteiger charge is -2.17. The van der Waals surface area contributed by atoms with Crippen LogP contribution in [0.2, 0.25) is 0 Å². The number of aryl methyl sites for hydroxylation is 1. The van der Waals surface area contributed by atoms with Gasteiger partial charge in [-0.05, 0) is 25.1 Å². The van der Waals surface area contributed by atoms with Crippen LogP contribution in [0.4, 0.5) is 17.1 Å². The molecule has 0 aliphatic heterocycles. The number of likely N-dealkylation sites (N-methyl/N-ethyl adjacent to an activating group) is 1. The summed E-state index contributed by atoms with van der Waals surface area (Å²) in [7, 11) is 1.77. The first kappa shape index (κ1) is 15.3. The molecule has 5 nitrogen and oxygen atoms in total. The minimum Gasteiger partial charge on any atom is -0.398 e. The van der Waals surface area contributed by atoms with Crippen LogP contribution in [0, 0.1) is 6.92 Å². The van der Waals surface area contributed by atoms with E-state index in [1.807, 2.05) is 31.2 Å². The van der Waals surface area contributed by atoms with Crippen molar-refractivity contribution >= 4 is 44.5 Å². The van der Waals surface area contributed by atoms with Crippen molar-refractivity contribution in [1.82, 2.24) is 4.98 Å². The zero-order chi connectivity index (χ0) is 16.6. The second-order valence-electron chi connectivity index (χ2n) is 5.48. The van der Waals surface area contributed by atoms with Gasteiger partial charge in [-0.1, -0.05) is 17.7 Å². The second-order valence-corrected chi connectivity index (χ2v) is 6.57. The second kappa shape index (κ2) is 5.89. The van der Waals surface area contributed by atoms with Crippen molar-refractivity contribution in [2.24, 2.45) is 0 Å². The normalized spacial score (nSPS) is 10.9. The number of nitrogens with two attached hydrogens (primary N) is 2. The van der Waals surface area contributed by atoms with Crippen molar-refractivity contribution in [2.45, 2.75) is 13.3 Å². The molecule has 0 aliphatic rings. The molecule has 3 aromatic rings. The van der Waals surface area contributed by atoms with Gasteiger partial charge in [0.05, 0.1) is 17.5 Å². The van der Waals surface area contributed by atoms with Gasteiger partial charge in [-0.25, -0.2) is 4.98 Å². The van der Waals surface area contributed by atoms with Crippen LogP contribution in [0.15, 0.2) is 36.5 Å². The summed E-state index contributed by atoms with van der Waals surface area (Å²) in [5, 5.41) is 0.748. The van der Waals surface area contributed by atoms with E-state index >= 15 is 0 Å². The molecule has 6 heteroatoms. The van der Waals surface area contributed by atoms with Gasteiger partial charge in [0.25, 0.3) is 0 Å². The van der Waals surface area contributed by atoms with Gasteiger partial charge >= 0.3 is 0 Å². The molecule has 0 radical (unpaired) electrons. The molecule has 0 saturated heterocycles. The van der Waals surface area contributed by atoms with Gasteiger partial charge in [0.2, 0.25) is 5.91 Å². The first-order valence-corrected chi connectivity index (χ1v) is 8.03. The largest absolute Gasteiger partial charge is 0.398 e. The number of amides is 1. The maximum Gasteiger partial charge on any atom is 0.232 e. The van der Waals surface area contributed by atoms with Gasteiger partial charge < -0.3 is 16.4 Å². The van der Waals surface area contributed by atoms with Gasteiger partial charge in [0.1, 0.15) is 4.83 Å². The number of carbonyl (C=O) groups is 1. The van der Waals surface area contributed by atoms with Gasteiger partial charge in [-0.2, -0.15) is 0 Å². The van der Waals surface area contributed by atoms with Crippen molar-refractivity contribution in [2.75, 3.05) is 23.4 Å². The first-order valence-electron chi connectivity index (χ1n) is 7.22. The highest BCUT2D eigenvalue weighted by Crippen LogP contribution is 2.36. The zero-order valence-electron chi connectivity index (χ0n) is 13.0. The van der Waals surface area contributed by atoms with Crippen LogP contribution >= 0.6 is 11.3 Å². The average molecular weight is 326 g/mol. The summed E-state index contributed by atoms with van der Waals surface area (Å²) in [5.74, 6) is -0.0225. The molecule has 3 rings (SSSR count). The molecule has 0 aliphatic carbocycles. The molecule has 2 aromatic heterocycles. The number of nitrogens with zero attached hydrogens (tertiary/aromatic N) is 2. The Morgan fingerprint density at radius 2 is 1.91 bits per heavy atom. The number of pyridine rings is 1. The maximum absolute atomic E-state index is 12.5. The number of benzene rings is 1. The van der Waals surface area contributed by atoms with Gasteiger partial charge in [0.15, 0.2) is 0 Å². The first-order chi connectivity index (χ1) is 11.0. The lowest BCUT2D eigenvalue weighted by Crippen LogP contribution is -2.27. The number of aromatic nitrogens is 1. The minimum atomic E-state index is -0.0225. The Hall–Kier alpha value is -2.60. The van der Waals surface area contributed by atoms with E-state index in [0.717, 1.165) is 26.3 Å². The number of thiophene rings is 1. The van der Waals surface area contributed by atoms with Crippen LogP contribution in [-0.2, 0) is 11.2 Å². The molecule has 23 heavy (non-hydrogen) atoms. The van der Waals surface area contributed by atoms with Crippen LogP contribution in [0.25, 0.3) is 10.2 Å². The SMILES string of the molecule is Cc1ccc(N(C)C(=O)Cc2sc3nccc(N)c3c2N)cc1. The smallest absolute Gasteiger partial charge is 0.232 e. The van der Waals surface area contributed by atoms with E-state index in [1.165, 1.54) is 11.3 Å². The van der Waals surface area contributed by atoms with Crippen molar-refractivity contribution in [3.63, 3.8) is 0 Å². The molecule has 1 amide bonds. The molecular formula is C17H18N4OS. The lowest BCUT2D eigenvalue weighted by molar-refractivity contribution is -0.117. The van der Waals surface area contributed by atoms with Crippen LogP contribution in [-0.4, -0.2) is 17.9 Å². The summed E-state index contributed by atoms with van der Waals surface area (Å²) < 4.78 is 0. The highest BCUT2D eigenvalue weighted by molar-refractivity contribution is 7.19. The number of fused-ring (bicyclic) bond motifs is 1. The molecule has 0 spiro atoms. The summed E-state index contributed by atoms with van der Waals surface area (Å²) in [6, 6.07) is 9.55. The topological polar surface area (TPSA) is 85.2 Å². The Bertz CT molecular complexity index is 870. The number of carbonyl (C=O) groups excluding carboxylic acids is 1. The van der Waals surface area contributed by atoms with E-state index in [1.54, 1.807) is 24.2 Å². The summed E-state index contributed by atoms with van der Waals surface area (Å²) >= 11 is 1.42. The maximum atomic E-state index is 12.5. The molecule has 0 fully saturated rings. The summed E-state index contributed by atoms with van der Waals surface area (Å²) in [6.45, 7) is 2.01. The number of hydrogen-bond acceptors (Lipinski definition) is 5. The van der Waals surface area contributed by atoms with E-state index in [0.29, 0.717) is 11.4 Å². The van der Waals surface area contributed by atoms with E-state index in [-0.39, 0.29) is 12.3 Å². The number of nitrogen functional groups attached to an aromatic ring is 2. The fraction of sp³-hybridized carbons (Fsp3) is 0.176. The van der Waals surface area contributed by atoms with Gasteiger partial charge in [-0.15, -0.1) is 11.3 Å². The molecule has 0 unspecified atom stereocenters. The molecule has 0 bridgehead atoms. The fourth-order valence-corrected chi connectivity index (χ4v) is 3.50. The number of rotatable bonds is 3.